The SMILES string of the molecule is CNCCN(C)Cc1ccccc1OCc1ccccc1.Cl. The molecule has 2 aromatic carbocycles. The van der Waals surface area contributed by atoms with Crippen molar-refractivity contribution in [2.24, 2.45) is 0 Å². The largest absolute Gasteiger partial charge is 0.489 e. The zero-order valence-electron chi connectivity index (χ0n) is 13.3. The van der Waals surface area contributed by atoms with Crippen LogP contribution in [0, 0.1) is 0 Å². The maximum absolute atomic E-state index is 5.99. The van der Waals surface area contributed by atoms with Gasteiger partial charge in [0.25, 0.3) is 0 Å². The van der Waals surface area contributed by atoms with Crippen molar-refractivity contribution in [2.75, 3.05) is 27.2 Å². The van der Waals surface area contributed by atoms with Crippen LogP contribution in [0.15, 0.2) is 54.6 Å². The summed E-state index contributed by atoms with van der Waals surface area (Å²) >= 11 is 0. The lowest BCUT2D eigenvalue weighted by Crippen LogP contribution is -2.27. The van der Waals surface area contributed by atoms with Gasteiger partial charge in [0.1, 0.15) is 12.4 Å². The Morgan fingerprint density at radius 1 is 1.00 bits per heavy atom. The zero-order chi connectivity index (χ0) is 14.9. The highest BCUT2D eigenvalue weighted by Gasteiger charge is 2.06. The molecule has 3 nitrogen and oxygen atoms in total. The van der Waals surface area contributed by atoms with Gasteiger partial charge in [-0.25, -0.2) is 0 Å². The van der Waals surface area contributed by atoms with Crippen molar-refractivity contribution in [3.8, 4) is 5.75 Å². The van der Waals surface area contributed by atoms with Gasteiger partial charge in [0.05, 0.1) is 0 Å². The van der Waals surface area contributed by atoms with Gasteiger partial charge in [-0.05, 0) is 25.7 Å². The van der Waals surface area contributed by atoms with Crippen LogP contribution in [0.25, 0.3) is 0 Å². The van der Waals surface area contributed by atoms with Gasteiger partial charge < -0.3 is 15.0 Å². The Bertz CT molecular complexity index is 534. The molecule has 0 aliphatic rings. The fourth-order valence-electron chi connectivity index (χ4n) is 2.18. The molecule has 0 radical (unpaired) electrons. The van der Waals surface area contributed by atoms with E-state index in [1.54, 1.807) is 0 Å². The van der Waals surface area contributed by atoms with Crippen LogP contribution in [0.4, 0.5) is 0 Å². The zero-order valence-corrected chi connectivity index (χ0v) is 14.1. The summed E-state index contributed by atoms with van der Waals surface area (Å²) in [5.74, 6) is 0.970. The van der Waals surface area contributed by atoms with Crippen molar-refractivity contribution in [1.82, 2.24) is 10.2 Å². The van der Waals surface area contributed by atoms with E-state index < -0.39 is 0 Å². The van der Waals surface area contributed by atoms with Gasteiger partial charge in [0.2, 0.25) is 0 Å². The van der Waals surface area contributed by atoms with Crippen LogP contribution in [0.5, 0.6) is 5.75 Å². The van der Waals surface area contributed by atoms with Gasteiger partial charge in [-0.2, -0.15) is 0 Å². The van der Waals surface area contributed by atoms with Gasteiger partial charge in [-0.1, -0.05) is 48.5 Å². The van der Waals surface area contributed by atoms with E-state index in [9.17, 15) is 0 Å². The lowest BCUT2D eigenvalue weighted by Gasteiger charge is -2.19. The fourth-order valence-corrected chi connectivity index (χ4v) is 2.18. The molecule has 0 aliphatic heterocycles. The second-order valence-electron chi connectivity index (χ2n) is 5.22. The average Bonchev–Trinajstić information content (AvgIpc) is 2.53. The molecule has 0 heterocycles. The third-order valence-electron chi connectivity index (χ3n) is 3.39. The molecule has 0 saturated carbocycles. The van der Waals surface area contributed by atoms with Crippen molar-refractivity contribution in [2.45, 2.75) is 13.2 Å². The quantitative estimate of drug-likeness (QED) is 0.807. The minimum Gasteiger partial charge on any atom is -0.489 e. The number of nitrogens with one attached hydrogen (secondary N) is 1. The maximum atomic E-state index is 5.99. The number of rotatable bonds is 8. The van der Waals surface area contributed by atoms with Gasteiger partial charge >= 0.3 is 0 Å². The predicted octanol–water partition coefficient (Wildman–Crippen LogP) is 3.34. The molecule has 0 spiro atoms. The summed E-state index contributed by atoms with van der Waals surface area (Å²) < 4.78 is 5.99. The van der Waals surface area contributed by atoms with Crippen molar-refractivity contribution < 1.29 is 4.74 Å². The van der Waals surface area contributed by atoms with Gasteiger partial charge in [-0.15, -0.1) is 12.4 Å². The average molecular weight is 321 g/mol. The second-order valence-corrected chi connectivity index (χ2v) is 5.22. The smallest absolute Gasteiger partial charge is 0.124 e. The summed E-state index contributed by atoms with van der Waals surface area (Å²) in [6.07, 6.45) is 0. The molecule has 4 heteroatoms. The first kappa shape index (κ1) is 18.5. The Kier molecular flexibility index (Phi) is 8.60. The van der Waals surface area contributed by atoms with E-state index in [0.29, 0.717) is 6.61 Å². The molecule has 0 unspecified atom stereocenters. The van der Waals surface area contributed by atoms with Crippen LogP contribution < -0.4 is 10.1 Å². The van der Waals surface area contributed by atoms with E-state index >= 15 is 0 Å². The highest BCUT2D eigenvalue weighted by Crippen LogP contribution is 2.20. The molecule has 0 aliphatic carbocycles. The van der Waals surface area contributed by atoms with Crippen molar-refractivity contribution in [1.29, 1.82) is 0 Å². The monoisotopic (exact) mass is 320 g/mol. The van der Waals surface area contributed by atoms with Crippen molar-refractivity contribution >= 4 is 12.4 Å². The van der Waals surface area contributed by atoms with Crippen LogP contribution in [0.1, 0.15) is 11.1 Å². The van der Waals surface area contributed by atoms with Crippen LogP contribution in [-0.4, -0.2) is 32.1 Å². The van der Waals surface area contributed by atoms with Gasteiger partial charge in [-0.3, -0.25) is 0 Å². The van der Waals surface area contributed by atoms with Crippen molar-refractivity contribution in [3.63, 3.8) is 0 Å². The molecule has 2 aromatic rings. The van der Waals surface area contributed by atoms with E-state index in [4.69, 9.17) is 4.74 Å². The van der Waals surface area contributed by atoms with Gasteiger partial charge in [0.15, 0.2) is 0 Å². The molecule has 0 saturated heterocycles. The molecule has 0 aromatic heterocycles. The number of ether oxygens (including phenoxy) is 1. The molecule has 0 fully saturated rings. The van der Waals surface area contributed by atoms with Gasteiger partial charge in [0, 0.05) is 25.2 Å². The topological polar surface area (TPSA) is 24.5 Å². The number of hydrogen-bond acceptors (Lipinski definition) is 3. The van der Waals surface area contributed by atoms with E-state index in [1.807, 2.05) is 37.4 Å². The number of hydrogen-bond donors (Lipinski definition) is 1. The molecular weight excluding hydrogens is 296 g/mol. The number of benzene rings is 2. The predicted molar refractivity (Wildman–Crippen MR) is 94.7 cm³/mol. The first-order chi connectivity index (χ1) is 10.3. The lowest BCUT2D eigenvalue weighted by molar-refractivity contribution is 0.285. The second kappa shape index (κ2) is 10.2. The number of halogens is 1. The van der Waals surface area contributed by atoms with Crippen LogP contribution in [-0.2, 0) is 13.2 Å². The Labute approximate surface area is 139 Å². The number of likely N-dealkylation sites (N-methyl/N-ethyl adjacent to an activating group) is 2. The van der Waals surface area contributed by atoms with E-state index in [0.717, 1.165) is 25.4 Å². The summed E-state index contributed by atoms with van der Waals surface area (Å²) in [4.78, 5) is 2.29. The molecule has 0 atom stereocenters. The molecule has 2 rings (SSSR count). The summed E-state index contributed by atoms with van der Waals surface area (Å²) in [5.41, 5.74) is 2.42. The third kappa shape index (κ3) is 6.06. The first-order valence-corrected chi connectivity index (χ1v) is 7.37. The normalized spacial score (nSPS) is 10.3. The summed E-state index contributed by atoms with van der Waals surface area (Å²) in [5, 5.41) is 3.17. The standard InChI is InChI=1S/C18H24N2O.ClH/c1-19-12-13-20(2)14-17-10-6-7-11-18(17)21-15-16-8-4-3-5-9-16;/h3-11,19H,12-15H2,1-2H3;1H. The van der Waals surface area contributed by atoms with E-state index in [2.05, 4.69) is 41.5 Å². The summed E-state index contributed by atoms with van der Waals surface area (Å²) in [7, 11) is 4.11. The van der Waals surface area contributed by atoms with Crippen LogP contribution in [0.2, 0.25) is 0 Å². The van der Waals surface area contributed by atoms with Crippen LogP contribution >= 0.6 is 12.4 Å². The Morgan fingerprint density at radius 2 is 1.68 bits per heavy atom. The van der Waals surface area contributed by atoms with E-state index in [1.165, 1.54) is 11.1 Å². The molecule has 1 N–H and O–H groups in total. The Hall–Kier alpha value is -1.55. The molecule has 22 heavy (non-hydrogen) atoms. The molecule has 0 amide bonds. The Morgan fingerprint density at radius 3 is 2.41 bits per heavy atom. The Balaban J connectivity index is 0.00000242. The van der Waals surface area contributed by atoms with E-state index in [-0.39, 0.29) is 12.4 Å². The summed E-state index contributed by atoms with van der Waals surface area (Å²) in [6, 6.07) is 18.5. The molecule has 120 valence electrons. The highest BCUT2D eigenvalue weighted by molar-refractivity contribution is 5.85. The minimum absolute atomic E-state index is 0. The minimum atomic E-state index is 0. The molecule has 0 bridgehead atoms. The highest BCUT2D eigenvalue weighted by atomic mass is 35.5. The number of para-hydroxylation sites is 1. The lowest BCUT2D eigenvalue weighted by atomic mass is 10.2. The van der Waals surface area contributed by atoms with Crippen molar-refractivity contribution in [3.05, 3.63) is 65.7 Å². The van der Waals surface area contributed by atoms with Crippen LogP contribution in [0.3, 0.4) is 0 Å². The maximum Gasteiger partial charge on any atom is 0.124 e. The third-order valence-corrected chi connectivity index (χ3v) is 3.39. The number of nitrogens with zero attached hydrogens (tertiary/aromatic N) is 1. The fraction of sp³-hybridized carbons (Fsp3) is 0.333. The molecular formula is C18H25ClN2O. The summed E-state index contributed by atoms with van der Waals surface area (Å²) in [6.45, 7) is 3.51. The first-order valence-electron chi connectivity index (χ1n) is 7.37.